The summed E-state index contributed by atoms with van der Waals surface area (Å²) in [7, 11) is 0. The predicted molar refractivity (Wildman–Crippen MR) is 68.7 cm³/mol. The molecule has 0 N–H and O–H groups in total. The van der Waals surface area contributed by atoms with Gasteiger partial charge in [0.05, 0.1) is 12.2 Å². The summed E-state index contributed by atoms with van der Waals surface area (Å²) < 4.78 is 5.69. The standard InChI is InChI=1S/C12H18ClN3O/c1-4-10-14-9(13)7-11(15-10)16-5-6-17-12(2,3)8-16/h7H,4-6,8H2,1-3H3. The van der Waals surface area contributed by atoms with Crippen LogP contribution in [0, 0.1) is 0 Å². The first-order valence-electron chi connectivity index (χ1n) is 5.92. The van der Waals surface area contributed by atoms with Gasteiger partial charge in [-0.2, -0.15) is 0 Å². The van der Waals surface area contributed by atoms with Gasteiger partial charge in [-0.3, -0.25) is 0 Å². The summed E-state index contributed by atoms with van der Waals surface area (Å²) in [6, 6.07) is 1.82. The van der Waals surface area contributed by atoms with Gasteiger partial charge in [0.25, 0.3) is 0 Å². The molecule has 94 valence electrons. The third-order valence-electron chi connectivity index (χ3n) is 2.79. The van der Waals surface area contributed by atoms with Gasteiger partial charge in [-0.15, -0.1) is 0 Å². The number of anilines is 1. The van der Waals surface area contributed by atoms with Gasteiger partial charge >= 0.3 is 0 Å². The monoisotopic (exact) mass is 255 g/mol. The maximum absolute atomic E-state index is 6.01. The second-order valence-electron chi connectivity index (χ2n) is 4.85. The van der Waals surface area contributed by atoms with Crippen molar-refractivity contribution in [2.24, 2.45) is 0 Å². The molecule has 1 aromatic rings. The number of hydrogen-bond donors (Lipinski definition) is 0. The number of nitrogens with zero attached hydrogens (tertiary/aromatic N) is 3. The number of morpholine rings is 1. The van der Waals surface area contributed by atoms with Crippen LogP contribution in [-0.4, -0.2) is 35.3 Å². The minimum atomic E-state index is -0.137. The van der Waals surface area contributed by atoms with Gasteiger partial charge in [-0.05, 0) is 13.8 Å². The molecule has 0 spiro atoms. The SMILES string of the molecule is CCc1nc(Cl)cc(N2CCOC(C)(C)C2)n1. The Kier molecular flexibility index (Phi) is 3.54. The molecule has 4 nitrogen and oxygen atoms in total. The summed E-state index contributed by atoms with van der Waals surface area (Å²) in [4.78, 5) is 10.9. The summed E-state index contributed by atoms with van der Waals surface area (Å²) in [5, 5.41) is 0.510. The van der Waals surface area contributed by atoms with Crippen LogP contribution in [0.4, 0.5) is 5.82 Å². The lowest BCUT2D eigenvalue weighted by atomic mass is 10.1. The van der Waals surface area contributed by atoms with E-state index in [9.17, 15) is 0 Å². The fraction of sp³-hybridized carbons (Fsp3) is 0.667. The lowest BCUT2D eigenvalue weighted by Gasteiger charge is -2.38. The van der Waals surface area contributed by atoms with E-state index in [0.29, 0.717) is 5.15 Å². The topological polar surface area (TPSA) is 38.2 Å². The van der Waals surface area contributed by atoms with E-state index in [1.807, 2.05) is 13.0 Å². The van der Waals surface area contributed by atoms with Crippen LogP contribution in [0.25, 0.3) is 0 Å². The van der Waals surface area contributed by atoms with Gasteiger partial charge in [0.1, 0.15) is 16.8 Å². The van der Waals surface area contributed by atoms with E-state index in [2.05, 4.69) is 28.7 Å². The van der Waals surface area contributed by atoms with Gasteiger partial charge in [0, 0.05) is 25.6 Å². The maximum Gasteiger partial charge on any atom is 0.134 e. The average Bonchev–Trinajstić information content (AvgIpc) is 2.27. The van der Waals surface area contributed by atoms with Crippen molar-refractivity contribution in [2.75, 3.05) is 24.6 Å². The van der Waals surface area contributed by atoms with Crippen LogP contribution < -0.4 is 4.90 Å². The lowest BCUT2D eigenvalue weighted by Crippen LogP contribution is -2.48. The van der Waals surface area contributed by atoms with E-state index >= 15 is 0 Å². The summed E-state index contributed by atoms with van der Waals surface area (Å²) in [6.07, 6.45) is 0.793. The van der Waals surface area contributed by atoms with Crippen molar-refractivity contribution >= 4 is 17.4 Å². The van der Waals surface area contributed by atoms with Crippen LogP contribution in [0.1, 0.15) is 26.6 Å². The summed E-state index contributed by atoms with van der Waals surface area (Å²) in [5.74, 6) is 1.69. The van der Waals surface area contributed by atoms with Crippen LogP contribution in [0.3, 0.4) is 0 Å². The molecular weight excluding hydrogens is 238 g/mol. The Hall–Kier alpha value is -0.870. The highest BCUT2D eigenvalue weighted by molar-refractivity contribution is 6.29. The number of aromatic nitrogens is 2. The van der Waals surface area contributed by atoms with Crippen LogP contribution in [-0.2, 0) is 11.2 Å². The summed E-state index contributed by atoms with van der Waals surface area (Å²) in [5.41, 5.74) is -0.137. The van der Waals surface area contributed by atoms with E-state index in [1.54, 1.807) is 0 Å². The quantitative estimate of drug-likeness (QED) is 0.760. The van der Waals surface area contributed by atoms with Gasteiger partial charge in [-0.25, -0.2) is 9.97 Å². The number of ether oxygens (including phenoxy) is 1. The molecule has 1 aliphatic heterocycles. The third kappa shape index (κ3) is 3.07. The Bertz CT molecular complexity index is 409. The molecule has 2 heterocycles. The smallest absolute Gasteiger partial charge is 0.134 e. The molecule has 1 saturated heterocycles. The molecular formula is C12H18ClN3O. The fourth-order valence-corrected chi connectivity index (χ4v) is 2.18. The molecule has 2 rings (SSSR count). The Morgan fingerprint density at radius 2 is 2.24 bits per heavy atom. The maximum atomic E-state index is 6.01. The Balaban J connectivity index is 2.24. The third-order valence-corrected chi connectivity index (χ3v) is 2.99. The molecule has 5 heteroatoms. The minimum Gasteiger partial charge on any atom is -0.372 e. The minimum absolute atomic E-state index is 0.137. The Morgan fingerprint density at radius 3 is 2.88 bits per heavy atom. The molecule has 1 fully saturated rings. The lowest BCUT2D eigenvalue weighted by molar-refractivity contribution is -0.0279. The highest BCUT2D eigenvalue weighted by Crippen LogP contribution is 2.23. The predicted octanol–water partition coefficient (Wildman–Crippen LogP) is 2.31. The van der Waals surface area contributed by atoms with Crippen LogP contribution in [0.5, 0.6) is 0 Å². The molecule has 0 aliphatic carbocycles. The van der Waals surface area contributed by atoms with Gasteiger partial charge in [0.15, 0.2) is 0 Å². The molecule has 0 unspecified atom stereocenters. The fourth-order valence-electron chi connectivity index (χ4n) is 1.98. The number of rotatable bonds is 2. The zero-order valence-corrected chi connectivity index (χ0v) is 11.3. The zero-order valence-electron chi connectivity index (χ0n) is 10.5. The second-order valence-corrected chi connectivity index (χ2v) is 5.24. The van der Waals surface area contributed by atoms with E-state index in [0.717, 1.165) is 37.8 Å². The molecule has 0 bridgehead atoms. The Morgan fingerprint density at radius 1 is 1.47 bits per heavy atom. The van der Waals surface area contributed by atoms with E-state index in [1.165, 1.54) is 0 Å². The molecule has 1 aromatic heterocycles. The number of aryl methyl sites for hydroxylation is 1. The van der Waals surface area contributed by atoms with E-state index in [4.69, 9.17) is 16.3 Å². The average molecular weight is 256 g/mol. The van der Waals surface area contributed by atoms with Crippen molar-refractivity contribution in [3.05, 3.63) is 17.0 Å². The van der Waals surface area contributed by atoms with Crippen molar-refractivity contribution in [3.63, 3.8) is 0 Å². The van der Waals surface area contributed by atoms with Crippen molar-refractivity contribution in [1.29, 1.82) is 0 Å². The highest BCUT2D eigenvalue weighted by atomic mass is 35.5. The molecule has 1 aliphatic rings. The van der Waals surface area contributed by atoms with Gasteiger partial charge in [-0.1, -0.05) is 18.5 Å². The van der Waals surface area contributed by atoms with Crippen molar-refractivity contribution in [3.8, 4) is 0 Å². The van der Waals surface area contributed by atoms with Crippen molar-refractivity contribution in [2.45, 2.75) is 32.8 Å². The zero-order chi connectivity index (χ0) is 12.5. The van der Waals surface area contributed by atoms with Crippen LogP contribution in [0.2, 0.25) is 5.15 Å². The van der Waals surface area contributed by atoms with Gasteiger partial charge < -0.3 is 9.64 Å². The molecule has 0 saturated carbocycles. The molecule has 0 aromatic carbocycles. The number of halogens is 1. The molecule has 0 radical (unpaired) electrons. The Labute approximate surface area is 107 Å². The summed E-state index contributed by atoms with van der Waals surface area (Å²) in [6.45, 7) is 8.59. The van der Waals surface area contributed by atoms with Crippen molar-refractivity contribution < 1.29 is 4.74 Å². The molecule has 17 heavy (non-hydrogen) atoms. The first kappa shape index (κ1) is 12.6. The van der Waals surface area contributed by atoms with Gasteiger partial charge in [0.2, 0.25) is 0 Å². The first-order valence-corrected chi connectivity index (χ1v) is 6.30. The highest BCUT2D eigenvalue weighted by Gasteiger charge is 2.28. The molecule has 0 atom stereocenters. The largest absolute Gasteiger partial charge is 0.372 e. The van der Waals surface area contributed by atoms with Crippen molar-refractivity contribution in [1.82, 2.24) is 9.97 Å². The summed E-state index contributed by atoms with van der Waals surface area (Å²) >= 11 is 6.01. The first-order chi connectivity index (χ1) is 8.00. The van der Waals surface area contributed by atoms with Crippen LogP contribution >= 0.6 is 11.6 Å². The van der Waals surface area contributed by atoms with E-state index in [-0.39, 0.29) is 5.60 Å². The van der Waals surface area contributed by atoms with Crippen LogP contribution in [0.15, 0.2) is 6.07 Å². The molecule has 0 amide bonds. The van der Waals surface area contributed by atoms with E-state index < -0.39 is 0 Å². The number of hydrogen-bond acceptors (Lipinski definition) is 4. The normalized spacial score (nSPS) is 19.4. The second kappa shape index (κ2) is 4.78.